The van der Waals surface area contributed by atoms with Gasteiger partial charge in [0.05, 0.1) is 11.3 Å². The lowest BCUT2D eigenvalue weighted by Crippen LogP contribution is -2.48. The lowest BCUT2D eigenvalue weighted by molar-refractivity contribution is 0.0648. The Hall–Kier alpha value is -2.40. The Morgan fingerprint density at radius 3 is 2.40 bits per heavy atom. The molecular weight excluding hydrogens is 312 g/mol. The van der Waals surface area contributed by atoms with Crippen molar-refractivity contribution in [1.29, 1.82) is 0 Å². The van der Waals surface area contributed by atoms with Crippen molar-refractivity contribution in [2.75, 3.05) is 32.7 Å². The van der Waals surface area contributed by atoms with E-state index in [2.05, 4.69) is 34.3 Å². The molecule has 0 spiro atoms. The van der Waals surface area contributed by atoms with Crippen molar-refractivity contribution in [2.24, 2.45) is 7.05 Å². The molecule has 0 radical (unpaired) electrons. The molecule has 2 heterocycles. The lowest BCUT2D eigenvalue weighted by Gasteiger charge is -2.34. The highest BCUT2D eigenvalue weighted by Crippen LogP contribution is 2.16. The third kappa shape index (κ3) is 3.99. The molecule has 132 valence electrons. The predicted molar refractivity (Wildman–Crippen MR) is 101 cm³/mol. The van der Waals surface area contributed by atoms with E-state index in [0.29, 0.717) is 0 Å². The number of carbonyl (C=O) groups is 1. The first kappa shape index (κ1) is 17.4. The first-order valence-electron chi connectivity index (χ1n) is 8.79. The predicted octanol–water partition coefficient (Wildman–Crippen LogP) is 2.51. The number of nitrogens with zero attached hydrogens (tertiary/aromatic N) is 4. The fraction of sp³-hybridized carbons (Fsp3) is 0.400. The molecule has 2 aromatic rings. The van der Waals surface area contributed by atoms with E-state index in [9.17, 15) is 4.79 Å². The summed E-state index contributed by atoms with van der Waals surface area (Å²) in [6, 6.07) is 10.3. The van der Waals surface area contributed by atoms with Crippen molar-refractivity contribution >= 4 is 12.0 Å². The van der Waals surface area contributed by atoms with Gasteiger partial charge in [0.2, 0.25) is 0 Å². The van der Waals surface area contributed by atoms with Gasteiger partial charge >= 0.3 is 0 Å². The van der Waals surface area contributed by atoms with Gasteiger partial charge in [-0.25, -0.2) is 0 Å². The first-order chi connectivity index (χ1) is 12.1. The second kappa shape index (κ2) is 7.66. The van der Waals surface area contributed by atoms with E-state index in [1.54, 1.807) is 4.68 Å². The summed E-state index contributed by atoms with van der Waals surface area (Å²) in [5.74, 6) is 0.113. The number of hydrogen-bond acceptors (Lipinski definition) is 3. The Morgan fingerprint density at radius 2 is 1.80 bits per heavy atom. The summed E-state index contributed by atoms with van der Waals surface area (Å²) in [5, 5.41) is 4.36. The van der Waals surface area contributed by atoms with Crippen LogP contribution in [0.3, 0.4) is 0 Å². The van der Waals surface area contributed by atoms with Crippen LogP contribution in [0.4, 0.5) is 0 Å². The molecule has 3 rings (SSSR count). The summed E-state index contributed by atoms with van der Waals surface area (Å²) in [4.78, 5) is 17.1. The average molecular weight is 338 g/mol. The highest BCUT2D eigenvalue weighted by atomic mass is 16.2. The molecule has 1 fully saturated rings. The molecule has 0 saturated carbocycles. The van der Waals surface area contributed by atoms with E-state index in [0.717, 1.165) is 49.7 Å². The summed E-state index contributed by atoms with van der Waals surface area (Å²) < 4.78 is 1.78. The fourth-order valence-corrected chi connectivity index (χ4v) is 3.28. The molecule has 5 heteroatoms. The van der Waals surface area contributed by atoms with Crippen LogP contribution in [-0.4, -0.2) is 58.2 Å². The maximum atomic E-state index is 12.8. The average Bonchev–Trinajstić information content (AvgIpc) is 2.88. The standard InChI is InChI=1S/C20H26N4O/c1-16-19(17(2)22(3)21-16)20(25)24-14-12-23(13-15-24)11-7-10-18-8-5-4-6-9-18/h4-10H,11-15H2,1-3H3/b10-7+. The van der Waals surface area contributed by atoms with Crippen molar-refractivity contribution in [2.45, 2.75) is 13.8 Å². The molecule has 1 amide bonds. The van der Waals surface area contributed by atoms with Crippen molar-refractivity contribution in [1.82, 2.24) is 19.6 Å². The van der Waals surface area contributed by atoms with Crippen LogP contribution in [0, 0.1) is 13.8 Å². The van der Waals surface area contributed by atoms with E-state index in [1.807, 2.05) is 44.0 Å². The molecule has 1 aliphatic rings. The monoisotopic (exact) mass is 338 g/mol. The van der Waals surface area contributed by atoms with Crippen molar-refractivity contribution < 1.29 is 4.79 Å². The smallest absolute Gasteiger partial charge is 0.257 e. The second-order valence-corrected chi connectivity index (χ2v) is 6.58. The van der Waals surface area contributed by atoms with Crippen LogP contribution in [0.1, 0.15) is 27.3 Å². The van der Waals surface area contributed by atoms with Gasteiger partial charge in [-0.15, -0.1) is 0 Å². The molecule has 25 heavy (non-hydrogen) atoms. The highest BCUT2D eigenvalue weighted by Gasteiger charge is 2.25. The Kier molecular flexibility index (Phi) is 5.34. The van der Waals surface area contributed by atoms with Crippen LogP contribution in [0.5, 0.6) is 0 Å². The summed E-state index contributed by atoms with van der Waals surface area (Å²) in [6.45, 7) is 8.13. The van der Waals surface area contributed by atoms with Gasteiger partial charge < -0.3 is 4.90 Å². The second-order valence-electron chi connectivity index (χ2n) is 6.58. The SMILES string of the molecule is Cc1nn(C)c(C)c1C(=O)N1CCN(C/C=C/c2ccccc2)CC1. The third-order valence-corrected chi connectivity index (χ3v) is 4.86. The number of carbonyl (C=O) groups excluding carboxylic acids is 1. The normalized spacial score (nSPS) is 15.9. The zero-order valence-electron chi connectivity index (χ0n) is 15.3. The lowest BCUT2D eigenvalue weighted by atomic mass is 10.1. The topological polar surface area (TPSA) is 41.4 Å². The van der Waals surface area contributed by atoms with Crippen molar-refractivity contribution in [3.63, 3.8) is 0 Å². The van der Waals surface area contributed by atoms with Gasteiger partial charge in [-0.3, -0.25) is 14.4 Å². The van der Waals surface area contributed by atoms with Gasteiger partial charge in [-0.05, 0) is 19.4 Å². The van der Waals surface area contributed by atoms with Gasteiger partial charge in [-0.1, -0.05) is 42.5 Å². The van der Waals surface area contributed by atoms with E-state index >= 15 is 0 Å². The van der Waals surface area contributed by atoms with Crippen LogP contribution in [-0.2, 0) is 7.05 Å². The molecule has 1 aromatic carbocycles. The van der Waals surface area contributed by atoms with E-state index in [-0.39, 0.29) is 5.91 Å². The number of benzene rings is 1. The zero-order valence-corrected chi connectivity index (χ0v) is 15.3. The summed E-state index contributed by atoms with van der Waals surface area (Å²) >= 11 is 0. The summed E-state index contributed by atoms with van der Waals surface area (Å²) in [5.41, 5.74) is 3.74. The number of rotatable bonds is 4. The molecule has 0 bridgehead atoms. The van der Waals surface area contributed by atoms with Crippen LogP contribution >= 0.6 is 0 Å². The van der Waals surface area contributed by atoms with Gasteiger partial charge in [0, 0.05) is 45.5 Å². The van der Waals surface area contributed by atoms with Gasteiger partial charge in [0.15, 0.2) is 0 Å². The molecule has 1 aromatic heterocycles. The Labute approximate surface area is 149 Å². The number of piperazine rings is 1. The Balaban J connectivity index is 1.53. The molecule has 0 unspecified atom stereocenters. The molecule has 0 aliphatic carbocycles. The van der Waals surface area contributed by atoms with Gasteiger partial charge in [0.1, 0.15) is 0 Å². The molecule has 5 nitrogen and oxygen atoms in total. The molecule has 0 N–H and O–H groups in total. The number of aromatic nitrogens is 2. The van der Waals surface area contributed by atoms with E-state index in [4.69, 9.17) is 0 Å². The van der Waals surface area contributed by atoms with Gasteiger partial charge in [-0.2, -0.15) is 5.10 Å². The quantitative estimate of drug-likeness (QED) is 0.860. The fourth-order valence-electron chi connectivity index (χ4n) is 3.28. The number of amides is 1. The Morgan fingerprint density at radius 1 is 1.12 bits per heavy atom. The third-order valence-electron chi connectivity index (χ3n) is 4.86. The molecule has 0 atom stereocenters. The minimum Gasteiger partial charge on any atom is -0.336 e. The molecular formula is C20H26N4O. The van der Waals surface area contributed by atoms with Crippen molar-refractivity contribution in [3.05, 3.63) is 58.9 Å². The molecule has 1 saturated heterocycles. The largest absolute Gasteiger partial charge is 0.336 e. The highest BCUT2D eigenvalue weighted by molar-refractivity contribution is 5.96. The zero-order chi connectivity index (χ0) is 17.8. The maximum absolute atomic E-state index is 12.8. The first-order valence-corrected chi connectivity index (χ1v) is 8.79. The van der Waals surface area contributed by atoms with Crippen LogP contribution in [0.2, 0.25) is 0 Å². The number of hydrogen-bond donors (Lipinski definition) is 0. The summed E-state index contributed by atoms with van der Waals surface area (Å²) in [6.07, 6.45) is 4.35. The van der Waals surface area contributed by atoms with Crippen LogP contribution < -0.4 is 0 Å². The van der Waals surface area contributed by atoms with Gasteiger partial charge in [0.25, 0.3) is 5.91 Å². The van der Waals surface area contributed by atoms with Crippen molar-refractivity contribution in [3.8, 4) is 0 Å². The maximum Gasteiger partial charge on any atom is 0.257 e. The summed E-state index contributed by atoms with van der Waals surface area (Å²) in [7, 11) is 1.89. The van der Waals surface area contributed by atoms with E-state index in [1.165, 1.54) is 5.56 Å². The minimum absolute atomic E-state index is 0.113. The van der Waals surface area contributed by atoms with Crippen LogP contribution in [0.15, 0.2) is 36.4 Å². The number of aryl methyl sites for hydroxylation is 2. The van der Waals surface area contributed by atoms with E-state index < -0.39 is 0 Å². The molecule has 1 aliphatic heterocycles. The Bertz CT molecular complexity index is 756. The van der Waals surface area contributed by atoms with Crippen LogP contribution in [0.25, 0.3) is 6.08 Å². The minimum atomic E-state index is 0.113.